The van der Waals surface area contributed by atoms with Crippen LogP contribution in [0.25, 0.3) is 0 Å². The van der Waals surface area contributed by atoms with E-state index in [1.54, 1.807) is 0 Å². The first-order chi connectivity index (χ1) is 4.75. The lowest BCUT2D eigenvalue weighted by Crippen LogP contribution is -2.09. The maximum atomic E-state index is 10.7. The first-order valence-electron chi connectivity index (χ1n) is 2.58. The van der Waals surface area contributed by atoms with E-state index in [0.29, 0.717) is 0 Å². The first kappa shape index (κ1) is 7.24. The smallest absolute Gasteiger partial charge is 0.269 e. The molecule has 0 unspecified atom stereocenters. The number of nitrogens with one attached hydrogen (secondary N) is 1. The fourth-order valence-electron chi connectivity index (χ4n) is 0.530. The molecule has 0 atom stereocenters. The summed E-state index contributed by atoms with van der Waals surface area (Å²) in [6.07, 6.45) is 1.19. The quantitative estimate of drug-likeness (QED) is 0.604. The van der Waals surface area contributed by atoms with Crippen LogP contribution in [0.15, 0.2) is 11.1 Å². The summed E-state index contributed by atoms with van der Waals surface area (Å²) in [6, 6.07) is 0. The van der Waals surface area contributed by atoms with E-state index >= 15 is 0 Å². The largest absolute Gasteiger partial charge is 0.390 e. The molecule has 0 radical (unpaired) electrons. The molecule has 4 nitrogen and oxygen atoms in total. The Hall–Kier alpha value is -0.870. The predicted octanol–water partition coefficient (Wildman–Crippen LogP) is -0.0844. The van der Waals surface area contributed by atoms with Crippen molar-refractivity contribution in [3.05, 3.63) is 27.4 Å². The van der Waals surface area contributed by atoms with Gasteiger partial charge in [0.05, 0.1) is 18.6 Å². The first-order valence-corrected chi connectivity index (χ1v) is 2.96. The molecule has 1 aromatic rings. The highest BCUT2D eigenvalue weighted by molar-refractivity contribution is 6.30. The minimum absolute atomic E-state index is 0.0509. The second-order valence-corrected chi connectivity index (χ2v) is 2.03. The summed E-state index contributed by atoms with van der Waals surface area (Å²) in [4.78, 5) is 16.5. The van der Waals surface area contributed by atoms with E-state index in [2.05, 4.69) is 9.97 Å². The summed E-state index contributed by atoms with van der Waals surface area (Å²) in [5.41, 5.74) is -0.230. The van der Waals surface area contributed by atoms with Gasteiger partial charge >= 0.3 is 0 Å². The predicted molar refractivity (Wildman–Crippen MR) is 35.8 cm³/mol. The Balaban J connectivity index is 3.28. The van der Waals surface area contributed by atoms with Gasteiger partial charge in [-0.15, -0.1) is 0 Å². The van der Waals surface area contributed by atoms with Gasteiger partial charge in [0.1, 0.15) is 5.02 Å². The second kappa shape index (κ2) is 2.81. The molecular formula is C5H5ClN2O2. The zero-order valence-electron chi connectivity index (χ0n) is 4.97. The molecule has 1 rings (SSSR count). The Labute approximate surface area is 61.5 Å². The molecule has 0 amide bonds. The van der Waals surface area contributed by atoms with Crippen LogP contribution in [0.5, 0.6) is 0 Å². The lowest BCUT2D eigenvalue weighted by Gasteiger charge is -1.94. The van der Waals surface area contributed by atoms with Gasteiger partial charge in [-0.2, -0.15) is 0 Å². The van der Waals surface area contributed by atoms with E-state index in [1.807, 2.05) is 0 Å². The number of aromatic nitrogens is 2. The third-order valence-corrected chi connectivity index (χ3v) is 1.41. The lowest BCUT2D eigenvalue weighted by atomic mass is 10.4. The molecule has 5 heteroatoms. The number of aliphatic hydroxyl groups excluding tert-OH is 1. The average molecular weight is 161 g/mol. The molecule has 1 heterocycles. The van der Waals surface area contributed by atoms with Crippen LogP contribution in [0.4, 0.5) is 0 Å². The zero-order valence-corrected chi connectivity index (χ0v) is 5.72. The van der Waals surface area contributed by atoms with Crippen LogP contribution in [-0.2, 0) is 6.61 Å². The number of rotatable bonds is 1. The van der Waals surface area contributed by atoms with Gasteiger partial charge in [0.2, 0.25) is 0 Å². The van der Waals surface area contributed by atoms with Crippen molar-refractivity contribution in [1.82, 2.24) is 9.97 Å². The standard InChI is InChI=1S/C5H5ClN2O2/c6-4-3(1-9)7-2-8-5(4)10/h2,9H,1H2,(H,7,8,10). The summed E-state index contributed by atoms with van der Waals surface area (Å²) in [5.74, 6) is 0. The van der Waals surface area contributed by atoms with Crippen molar-refractivity contribution in [2.75, 3.05) is 0 Å². The average Bonchev–Trinajstić information content (AvgIpc) is 1.95. The normalized spacial score (nSPS) is 9.80. The SMILES string of the molecule is O=c1[nH]cnc(CO)c1Cl. The number of aliphatic hydroxyl groups is 1. The van der Waals surface area contributed by atoms with E-state index in [0.717, 1.165) is 0 Å². The van der Waals surface area contributed by atoms with Crippen molar-refractivity contribution >= 4 is 11.6 Å². The van der Waals surface area contributed by atoms with Crippen molar-refractivity contribution in [1.29, 1.82) is 0 Å². The van der Waals surface area contributed by atoms with Crippen LogP contribution in [0, 0.1) is 0 Å². The molecular weight excluding hydrogens is 156 g/mol. The Bertz CT molecular complexity index is 283. The summed E-state index contributed by atoms with van der Waals surface area (Å²) in [5, 5.41) is 8.49. The molecule has 0 aliphatic carbocycles. The molecule has 10 heavy (non-hydrogen) atoms. The monoisotopic (exact) mass is 160 g/mol. The van der Waals surface area contributed by atoms with Gasteiger partial charge in [-0.05, 0) is 0 Å². The number of hydrogen-bond donors (Lipinski definition) is 2. The Morgan fingerprint density at radius 3 is 3.00 bits per heavy atom. The van der Waals surface area contributed by atoms with Crippen molar-refractivity contribution in [2.24, 2.45) is 0 Å². The summed E-state index contributed by atoms with van der Waals surface area (Å²) in [7, 11) is 0. The Kier molecular flexibility index (Phi) is 2.03. The van der Waals surface area contributed by atoms with Crippen LogP contribution in [-0.4, -0.2) is 15.1 Å². The van der Waals surface area contributed by atoms with Crippen LogP contribution >= 0.6 is 11.6 Å². The molecule has 54 valence electrons. The number of halogens is 1. The molecule has 0 saturated heterocycles. The lowest BCUT2D eigenvalue weighted by molar-refractivity contribution is 0.276. The molecule has 0 bridgehead atoms. The molecule has 0 fully saturated rings. The molecule has 0 aliphatic heterocycles. The van der Waals surface area contributed by atoms with Gasteiger partial charge < -0.3 is 10.1 Å². The minimum Gasteiger partial charge on any atom is -0.390 e. The third kappa shape index (κ3) is 1.17. The highest BCUT2D eigenvalue weighted by Gasteiger charge is 2.02. The molecule has 0 aliphatic rings. The topological polar surface area (TPSA) is 66.0 Å². The van der Waals surface area contributed by atoms with Crippen LogP contribution < -0.4 is 5.56 Å². The maximum Gasteiger partial charge on any atom is 0.269 e. The van der Waals surface area contributed by atoms with Gasteiger partial charge in [-0.1, -0.05) is 11.6 Å². The Morgan fingerprint density at radius 1 is 1.80 bits per heavy atom. The van der Waals surface area contributed by atoms with Crippen molar-refractivity contribution in [3.63, 3.8) is 0 Å². The maximum absolute atomic E-state index is 10.7. The highest BCUT2D eigenvalue weighted by atomic mass is 35.5. The van der Waals surface area contributed by atoms with E-state index in [4.69, 9.17) is 16.7 Å². The number of hydrogen-bond acceptors (Lipinski definition) is 3. The summed E-state index contributed by atoms with van der Waals surface area (Å²) >= 11 is 5.43. The van der Waals surface area contributed by atoms with Gasteiger partial charge in [0, 0.05) is 0 Å². The Morgan fingerprint density at radius 2 is 2.50 bits per heavy atom. The van der Waals surface area contributed by atoms with Gasteiger partial charge in [0.25, 0.3) is 5.56 Å². The molecule has 2 N–H and O–H groups in total. The number of aromatic amines is 1. The zero-order chi connectivity index (χ0) is 7.56. The van der Waals surface area contributed by atoms with E-state index < -0.39 is 5.56 Å². The molecule has 0 spiro atoms. The number of nitrogens with zero attached hydrogens (tertiary/aromatic N) is 1. The van der Waals surface area contributed by atoms with Crippen LogP contribution in [0.1, 0.15) is 5.69 Å². The van der Waals surface area contributed by atoms with Crippen molar-refractivity contribution < 1.29 is 5.11 Å². The van der Waals surface area contributed by atoms with E-state index in [-0.39, 0.29) is 17.3 Å². The molecule has 0 aromatic carbocycles. The fraction of sp³-hybridized carbons (Fsp3) is 0.200. The van der Waals surface area contributed by atoms with Crippen molar-refractivity contribution in [2.45, 2.75) is 6.61 Å². The fourth-order valence-corrected chi connectivity index (χ4v) is 0.693. The minimum atomic E-state index is -0.430. The molecule has 0 saturated carbocycles. The summed E-state index contributed by atoms with van der Waals surface area (Å²) < 4.78 is 0. The third-order valence-electron chi connectivity index (χ3n) is 1.02. The van der Waals surface area contributed by atoms with Crippen molar-refractivity contribution in [3.8, 4) is 0 Å². The molecule has 1 aromatic heterocycles. The van der Waals surface area contributed by atoms with Gasteiger partial charge in [-0.3, -0.25) is 4.79 Å². The number of H-pyrrole nitrogens is 1. The van der Waals surface area contributed by atoms with Crippen LogP contribution in [0.2, 0.25) is 5.02 Å². The van der Waals surface area contributed by atoms with E-state index in [9.17, 15) is 4.79 Å². The van der Waals surface area contributed by atoms with Gasteiger partial charge in [-0.25, -0.2) is 4.98 Å². The van der Waals surface area contributed by atoms with E-state index in [1.165, 1.54) is 6.33 Å². The van der Waals surface area contributed by atoms with Crippen LogP contribution in [0.3, 0.4) is 0 Å². The second-order valence-electron chi connectivity index (χ2n) is 1.65. The van der Waals surface area contributed by atoms with Gasteiger partial charge in [0.15, 0.2) is 0 Å². The summed E-state index contributed by atoms with van der Waals surface area (Å²) in [6.45, 7) is -0.317. The highest BCUT2D eigenvalue weighted by Crippen LogP contribution is 2.04.